The maximum atomic E-state index is 12.1. The van der Waals surface area contributed by atoms with E-state index >= 15 is 0 Å². The van der Waals surface area contributed by atoms with Crippen molar-refractivity contribution in [3.63, 3.8) is 0 Å². The molecule has 5 nitrogen and oxygen atoms in total. The van der Waals surface area contributed by atoms with Gasteiger partial charge in [-0.3, -0.25) is 14.8 Å². The van der Waals surface area contributed by atoms with Gasteiger partial charge in [-0.25, -0.2) is 0 Å². The largest absolute Gasteiger partial charge is 0.756 e. The molecule has 2 aromatic rings. The van der Waals surface area contributed by atoms with Gasteiger partial charge in [0.05, 0.1) is 5.92 Å². The Balaban J connectivity index is 1.90. The summed E-state index contributed by atoms with van der Waals surface area (Å²) in [6.45, 7) is 0. The molecule has 96 valence electrons. The van der Waals surface area contributed by atoms with E-state index in [0.29, 0.717) is 11.5 Å². The van der Waals surface area contributed by atoms with Crippen LogP contribution in [0.25, 0.3) is 0 Å². The second-order valence-electron chi connectivity index (χ2n) is 4.54. The molecule has 1 fully saturated rings. The van der Waals surface area contributed by atoms with Gasteiger partial charge in [-0.15, -0.1) is 0 Å². The van der Waals surface area contributed by atoms with E-state index < -0.39 is 17.9 Å². The third kappa shape index (κ3) is 2.08. The quantitative estimate of drug-likeness (QED) is 0.822. The van der Waals surface area contributed by atoms with E-state index in [-0.39, 0.29) is 0 Å². The standard InChI is InChI=1S/C14H12N3O2/c18-14-12(10-3-1-5-15-8-10)7-13(17(14)19)11-4-2-6-16-9-11/h1-6,8-9,12-13H,7H2/q-1. The van der Waals surface area contributed by atoms with Crippen molar-refractivity contribution in [2.75, 3.05) is 0 Å². The molecule has 2 atom stereocenters. The number of amides is 1. The highest BCUT2D eigenvalue weighted by Crippen LogP contribution is 2.40. The smallest absolute Gasteiger partial charge is 0.220 e. The predicted octanol–water partition coefficient (Wildman–Crippen LogP) is 2.03. The van der Waals surface area contributed by atoms with E-state index in [1.165, 1.54) is 0 Å². The lowest BCUT2D eigenvalue weighted by atomic mass is 9.95. The fourth-order valence-electron chi connectivity index (χ4n) is 2.43. The Kier molecular flexibility index (Phi) is 2.97. The molecule has 0 radical (unpaired) electrons. The Bertz CT molecular complexity index is 574. The third-order valence-corrected chi connectivity index (χ3v) is 3.41. The fourth-order valence-corrected chi connectivity index (χ4v) is 2.43. The molecule has 1 aliphatic heterocycles. The molecule has 2 unspecified atom stereocenters. The Labute approximate surface area is 110 Å². The van der Waals surface area contributed by atoms with E-state index in [1.807, 2.05) is 12.1 Å². The summed E-state index contributed by atoms with van der Waals surface area (Å²) in [7, 11) is 0. The van der Waals surface area contributed by atoms with Gasteiger partial charge in [0.15, 0.2) is 0 Å². The highest BCUT2D eigenvalue weighted by atomic mass is 16.5. The topological polar surface area (TPSA) is 69.2 Å². The normalized spacial score (nSPS) is 22.8. The van der Waals surface area contributed by atoms with Gasteiger partial charge in [-0.05, 0) is 29.7 Å². The first kappa shape index (κ1) is 11.8. The Morgan fingerprint density at radius 1 is 1.11 bits per heavy atom. The zero-order valence-electron chi connectivity index (χ0n) is 10.1. The van der Waals surface area contributed by atoms with Gasteiger partial charge >= 0.3 is 0 Å². The van der Waals surface area contributed by atoms with Crippen molar-refractivity contribution in [3.05, 3.63) is 65.4 Å². The fraction of sp³-hybridized carbons (Fsp3) is 0.214. The van der Waals surface area contributed by atoms with Crippen molar-refractivity contribution in [2.45, 2.75) is 18.4 Å². The minimum atomic E-state index is -0.452. The van der Waals surface area contributed by atoms with Crippen molar-refractivity contribution in [1.29, 1.82) is 0 Å². The summed E-state index contributed by atoms with van der Waals surface area (Å²) in [4.78, 5) is 20.1. The number of hydrogen-bond acceptors (Lipinski definition) is 4. The van der Waals surface area contributed by atoms with E-state index in [2.05, 4.69) is 9.97 Å². The van der Waals surface area contributed by atoms with Crippen LogP contribution in [0.2, 0.25) is 0 Å². The lowest BCUT2D eigenvalue weighted by Gasteiger charge is -2.30. The molecule has 5 heteroatoms. The lowest BCUT2D eigenvalue weighted by molar-refractivity contribution is -0.127. The molecule has 0 spiro atoms. The minimum absolute atomic E-state index is 0.401. The van der Waals surface area contributed by atoms with Crippen molar-refractivity contribution in [3.8, 4) is 0 Å². The summed E-state index contributed by atoms with van der Waals surface area (Å²) in [5.74, 6) is -0.807. The van der Waals surface area contributed by atoms with Crippen molar-refractivity contribution < 1.29 is 4.79 Å². The third-order valence-electron chi connectivity index (χ3n) is 3.41. The summed E-state index contributed by atoms with van der Waals surface area (Å²) < 4.78 is 0. The van der Waals surface area contributed by atoms with E-state index in [4.69, 9.17) is 0 Å². The molecule has 1 saturated heterocycles. The first-order valence-corrected chi connectivity index (χ1v) is 6.07. The molecule has 0 N–H and O–H groups in total. The zero-order valence-corrected chi connectivity index (χ0v) is 10.1. The molecule has 0 saturated carbocycles. The average molecular weight is 254 g/mol. The molecule has 3 rings (SSSR count). The van der Waals surface area contributed by atoms with Crippen LogP contribution in [0.4, 0.5) is 0 Å². The van der Waals surface area contributed by atoms with Crippen LogP contribution >= 0.6 is 0 Å². The number of aromatic nitrogens is 2. The first-order chi connectivity index (χ1) is 9.27. The van der Waals surface area contributed by atoms with Crippen LogP contribution in [0.15, 0.2) is 49.1 Å². The number of hydroxylamine groups is 2. The highest BCUT2D eigenvalue weighted by Gasteiger charge is 2.36. The van der Waals surface area contributed by atoms with Gasteiger partial charge in [0.2, 0.25) is 5.91 Å². The van der Waals surface area contributed by atoms with Gasteiger partial charge in [0, 0.05) is 30.8 Å². The zero-order chi connectivity index (χ0) is 13.2. The van der Waals surface area contributed by atoms with Crippen LogP contribution in [-0.2, 0) is 4.79 Å². The van der Waals surface area contributed by atoms with Crippen LogP contribution in [0, 0.1) is 5.21 Å². The van der Waals surface area contributed by atoms with E-state index in [1.54, 1.807) is 36.9 Å². The summed E-state index contributed by atoms with van der Waals surface area (Å²) in [5, 5.41) is 12.6. The summed E-state index contributed by atoms with van der Waals surface area (Å²) in [5.41, 5.74) is 1.57. The molecule has 19 heavy (non-hydrogen) atoms. The molecule has 3 heterocycles. The molecule has 0 bridgehead atoms. The number of nitrogens with zero attached hydrogens (tertiary/aromatic N) is 3. The maximum absolute atomic E-state index is 12.1. The van der Waals surface area contributed by atoms with Gasteiger partial charge in [0.25, 0.3) is 0 Å². The number of carbonyl (C=O) groups excluding carboxylic acids is 1. The summed E-state index contributed by atoms with van der Waals surface area (Å²) in [6, 6.07) is 6.74. The number of rotatable bonds is 2. The molecule has 2 aromatic heterocycles. The number of carbonyl (C=O) groups is 1. The highest BCUT2D eigenvalue weighted by molar-refractivity contribution is 5.86. The Hall–Kier alpha value is -2.27. The molecule has 0 aromatic carbocycles. The maximum Gasteiger partial charge on any atom is 0.220 e. The van der Waals surface area contributed by atoms with Crippen LogP contribution in [-0.4, -0.2) is 20.9 Å². The second kappa shape index (κ2) is 4.78. The average Bonchev–Trinajstić information content (AvgIpc) is 2.77. The van der Waals surface area contributed by atoms with Gasteiger partial charge in [-0.2, -0.15) is 0 Å². The van der Waals surface area contributed by atoms with Crippen molar-refractivity contribution in [2.24, 2.45) is 0 Å². The minimum Gasteiger partial charge on any atom is -0.756 e. The van der Waals surface area contributed by atoms with E-state index in [9.17, 15) is 10.0 Å². The van der Waals surface area contributed by atoms with Crippen LogP contribution in [0.5, 0.6) is 0 Å². The molecular weight excluding hydrogens is 242 g/mol. The lowest BCUT2D eigenvalue weighted by Crippen LogP contribution is -2.22. The van der Waals surface area contributed by atoms with Crippen LogP contribution < -0.4 is 0 Å². The van der Waals surface area contributed by atoms with Crippen LogP contribution in [0.3, 0.4) is 0 Å². The second-order valence-corrected chi connectivity index (χ2v) is 4.54. The van der Waals surface area contributed by atoms with Crippen molar-refractivity contribution >= 4 is 5.91 Å². The molecular formula is C14H12N3O2-. The Morgan fingerprint density at radius 3 is 2.32 bits per heavy atom. The predicted molar refractivity (Wildman–Crippen MR) is 68.8 cm³/mol. The van der Waals surface area contributed by atoms with Crippen LogP contribution in [0.1, 0.15) is 29.5 Å². The number of hydrogen-bond donors (Lipinski definition) is 0. The summed E-state index contributed by atoms with van der Waals surface area (Å²) >= 11 is 0. The molecule has 1 amide bonds. The monoisotopic (exact) mass is 254 g/mol. The van der Waals surface area contributed by atoms with Gasteiger partial charge in [0.1, 0.15) is 0 Å². The summed E-state index contributed by atoms with van der Waals surface area (Å²) in [6.07, 6.45) is 7.04. The van der Waals surface area contributed by atoms with Crippen molar-refractivity contribution in [1.82, 2.24) is 15.0 Å². The Morgan fingerprint density at radius 2 is 1.74 bits per heavy atom. The molecule has 1 aliphatic rings. The molecule has 0 aliphatic carbocycles. The van der Waals surface area contributed by atoms with Gasteiger partial charge < -0.3 is 10.3 Å². The first-order valence-electron chi connectivity index (χ1n) is 6.07. The van der Waals surface area contributed by atoms with Gasteiger partial charge in [-0.1, -0.05) is 12.1 Å². The van der Waals surface area contributed by atoms with E-state index in [0.717, 1.165) is 11.1 Å². The SMILES string of the molecule is O=C1C(c2cccnc2)CC(c2cccnc2)N1[O-]. The number of pyridine rings is 2.